The van der Waals surface area contributed by atoms with Gasteiger partial charge in [0.05, 0.1) is 0 Å². The van der Waals surface area contributed by atoms with Crippen molar-refractivity contribution in [3.05, 3.63) is 71.5 Å². The van der Waals surface area contributed by atoms with Crippen LogP contribution >= 0.6 is 11.6 Å². The molecule has 2 aromatic carbocycles. The lowest BCUT2D eigenvalue weighted by atomic mass is 9.88. The van der Waals surface area contributed by atoms with Gasteiger partial charge in [-0.15, -0.1) is 11.6 Å². The van der Waals surface area contributed by atoms with Crippen LogP contribution in [0.5, 0.6) is 0 Å². The average Bonchev–Trinajstić information content (AvgIpc) is 2.42. The molecule has 0 amide bonds. The van der Waals surface area contributed by atoms with E-state index in [-0.39, 0.29) is 5.82 Å². The van der Waals surface area contributed by atoms with Gasteiger partial charge >= 0.3 is 0 Å². The second-order valence-electron chi connectivity index (χ2n) is 4.35. The maximum Gasteiger partial charge on any atom is 0.123 e. The normalized spacial score (nSPS) is 12.3. The van der Waals surface area contributed by atoms with E-state index in [1.807, 2.05) is 30.3 Å². The molecule has 2 heteroatoms. The smallest absolute Gasteiger partial charge is 0.123 e. The Labute approximate surface area is 112 Å². The molecule has 0 saturated heterocycles. The van der Waals surface area contributed by atoms with Crippen LogP contribution in [0.3, 0.4) is 0 Å². The highest BCUT2D eigenvalue weighted by molar-refractivity contribution is 6.17. The fourth-order valence-corrected chi connectivity index (χ4v) is 2.34. The lowest BCUT2D eigenvalue weighted by molar-refractivity contribution is 0.624. The van der Waals surface area contributed by atoms with Crippen molar-refractivity contribution in [3.63, 3.8) is 0 Å². The van der Waals surface area contributed by atoms with Crippen LogP contribution in [-0.4, -0.2) is 5.88 Å². The van der Waals surface area contributed by atoms with Crippen LogP contribution in [0.2, 0.25) is 0 Å². The summed E-state index contributed by atoms with van der Waals surface area (Å²) in [4.78, 5) is 0. The van der Waals surface area contributed by atoms with Crippen molar-refractivity contribution in [1.29, 1.82) is 0 Å². The Morgan fingerprint density at radius 3 is 2.11 bits per heavy atom. The van der Waals surface area contributed by atoms with Gasteiger partial charge in [-0.05, 0) is 36.1 Å². The number of rotatable bonds is 5. The van der Waals surface area contributed by atoms with Crippen LogP contribution in [0.15, 0.2) is 54.6 Å². The van der Waals surface area contributed by atoms with Crippen LogP contribution in [0, 0.1) is 5.82 Å². The lowest BCUT2D eigenvalue weighted by Crippen LogP contribution is -2.01. The highest BCUT2D eigenvalue weighted by atomic mass is 35.5. The average molecular weight is 263 g/mol. The van der Waals surface area contributed by atoms with Crippen LogP contribution in [0.1, 0.15) is 29.9 Å². The van der Waals surface area contributed by atoms with Crippen molar-refractivity contribution in [3.8, 4) is 0 Å². The van der Waals surface area contributed by atoms with E-state index in [2.05, 4.69) is 12.1 Å². The van der Waals surface area contributed by atoms with Crippen LogP contribution in [-0.2, 0) is 0 Å². The zero-order valence-electron chi connectivity index (χ0n) is 10.2. The Hall–Kier alpha value is -1.34. The minimum atomic E-state index is -0.192. The molecule has 0 fully saturated rings. The van der Waals surface area contributed by atoms with E-state index in [9.17, 15) is 4.39 Å². The molecular formula is C16H16ClF. The summed E-state index contributed by atoms with van der Waals surface area (Å²) in [6.07, 6.45) is 1.94. The van der Waals surface area contributed by atoms with Crippen LogP contribution in [0.25, 0.3) is 0 Å². The van der Waals surface area contributed by atoms with E-state index < -0.39 is 0 Å². The molecule has 0 aliphatic heterocycles. The third-order valence-electron chi connectivity index (χ3n) is 3.10. The van der Waals surface area contributed by atoms with E-state index in [0.29, 0.717) is 11.8 Å². The largest absolute Gasteiger partial charge is 0.207 e. The zero-order chi connectivity index (χ0) is 12.8. The molecule has 0 bridgehead atoms. The quantitative estimate of drug-likeness (QED) is 0.667. The first-order valence-electron chi connectivity index (χ1n) is 6.17. The van der Waals surface area contributed by atoms with Crippen molar-refractivity contribution in [2.75, 3.05) is 5.88 Å². The zero-order valence-corrected chi connectivity index (χ0v) is 10.9. The summed E-state index contributed by atoms with van der Waals surface area (Å²) in [6.45, 7) is 0. The number of alkyl halides is 1. The topological polar surface area (TPSA) is 0 Å². The second-order valence-corrected chi connectivity index (χ2v) is 4.72. The predicted molar refractivity (Wildman–Crippen MR) is 74.6 cm³/mol. The summed E-state index contributed by atoms with van der Waals surface area (Å²) in [6, 6.07) is 17.1. The highest BCUT2D eigenvalue weighted by Crippen LogP contribution is 2.29. The van der Waals surface area contributed by atoms with Crippen molar-refractivity contribution < 1.29 is 4.39 Å². The molecule has 0 N–H and O–H groups in total. The summed E-state index contributed by atoms with van der Waals surface area (Å²) in [5.41, 5.74) is 2.40. The molecule has 0 aliphatic carbocycles. The Kier molecular flexibility index (Phi) is 4.77. The van der Waals surface area contributed by atoms with Gasteiger partial charge in [-0.25, -0.2) is 4.39 Å². The van der Waals surface area contributed by atoms with E-state index in [1.54, 1.807) is 0 Å². The summed E-state index contributed by atoms with van der Waals surface area (Å²) in [7, 11) is 0. The molecule has 18 heavy (non-hydrogen) atoms. The SMILES string of the molecule is Fc1ccc([C@H](CCCCl)c2ccccc2)cc1. The molecule has 2 rings (SSSR count). The van der Waals surface area contributed by atoms with Crippen molar-refractivity contribution in [1.82, 2.24) is 0 Å². The van der Waals surface area contributed by atoms with Gasteiger partial charge in [0.25, 0.3) is 0 Å². The van der Waals surface area contributed by atoms with Gasteiger partial charge in [0.1, 0.15) is 5.82 Å². The molecule has 0 saturated carbocycles. The Balaban J connectivity index is 2.27. The fourth-order valence-electron chi connectivity index (χ4n) is 2.19. The molecular weight excluding hydrogens is 247 g/mol. The fraction of sp³-hybridized carbons (Fsp3) is 0.250. The molecule has 0 radical (unpaired) electrons. The molecule has 0 nitrogen and oxygen atoms in total. The van der Waals surface area contributed by atoms with Gasteiger partial charge < -0.3 is 0 Å². The molecule has 0 unspecified atom stereocenters. The Morgan fingerprint density at radius 2 is 1.50 bits per heavy atom. The highest BCUT2D eigenvalue weighted by Gasteiger charge is 2.13. The number of hydrogen-bond acceptors (Lipinski definition) is 0. The summed E-state index contributed by atoms with van der Waals surface area (Å²) < 4.78 is 13.0. The molecule has 1 atom stereocenters. The van der Waals surface area contributed by atoms with Gasteiger partial charge in [-0.3, -0.25) is 0 Å². The molecule has 0 aromatic heterocycles. The number of hydrogen-bond donors (Lipinski definition) is 0. The van der Waals surface area contributed by atoms with Gasteiger partial charge in [0, 0.05) is 11.8 Å². The lowest BCUT2D eigenvalue weighted by Gasteiger charge is -2.17. The first-order chi connectivity index (χ1) is 8.81. The van der Waals surface area contributed by atoms with Gasteiger partial charge in [-0.2, -0.15) is 0 Å². The van der Waals surface area contributed by atoms with Crippen molar-refractivity contribution in [2.24, 2.45) is 0 Å². The molecule has 0 heterocycles. The van der Waals surface area contributed by atoms with Crippen LogP contribution < -0.4 is 0 Å². The van der Waals surface area contributed by atoms with Gasteiger partial charge in [-0.1, -0.05) is 42.5 Å². The van der Waals surface area contributed by atoms with E-state index in [4.69, 9.17) is 11.6 Å². The molecule has 0 aliphatic rings. The maximum absolute atomic E-state index is 13.0. The number of benzene rings is 2. The summed E-state index contributed by atoms with van der Waals surface area (Å²) in [5.74, 6) is 0.762. The van der Waals surface area contributed by atoms with Gasteiger partial charge in [0.2, 0.25) is 0 Å². The minimum Gasteiger partial charge on any atom is -0.207 e. The third-order valence-corrected chi connectivity index (χ3v) is 3.37. The standard InChI is InChI=1S/C16H16ClF/c17-12-4-7-16(13-5-2-1-3-6-13)14-8-10-15(18)11-9-14/h1-3,5-6,8-11,16H,4,7,12H2/t16-/m1/s1. The first-order valence-corrected chi connectivity index (χ1v) is 6.71. The summed E-state index contributed by atoms with van der Waals surface area (Å²) in [5, 5.41) is 0. The van der Waals surface area contributed by atoms with Crippen molar-refractivity contribution in [2.45, 2.75) is 18.8 Å². The molecule has 2 aromatic rings. The Morgan fingerprint density at radius 1 is 0.889 bits per heavy atom. The number of halogens is 2. The Bertz CT molecular complexity index is 464. The third kappa shape index (κ3) is 3.33. The minimum absolute atomic E-state index is 0.192. The van der Waals surface area contributed by atoms with E-state index in [1.165, 1.54) is 17.7 Å². The van der Waals surface area contributed by atoms with Crippen molar-refractivity contribution >= 4 is 11.6 Å². The van der Waals surface area contributed by atoms with E-state index >= 15 is 0 Å². The van der Waals surface area contributed by atoms with Gasteiger partial charge in [0.15, 0.2) is 0 Å². The first kappa shape index (κ1) is 13.1. The van der Waals surface area contributed by atoms with Crippen LogP contribution in [0.4, 0.5) is 4.39 Å². The van der Waals surface area contributed by atoms with E-state index in [0.717, 1.165) is 18.4 Å². The summed E-state index contributed by atoms with van der Waals surface area (Å²) >= 11 is 5.79. The predicted octanol–water partition coefficient (Wildman–Crippen LogP) is 4.98. The monoisotopic (exact) mass is 262 g/mol. The molecule has 94 valence electrons. The maximum atomic E-state index is 13.0. The molecule has 0 spiro atoms. The second kappa shape index (κ2) is 6.55.